The van der Waals surface area contributed by atoms with E-state index in [4.69, 9.17) is 44.3 Å². The van der Waals surface area contributed by atoms with Gasteiger partial charge in [-0.2, -0.15) is 0 Å². The molecule has 0 spiro atoms. The smallest absolute Gasteiger partial charge is 0.411 e. The van der Waals surface area contributed by atoms with Gasteiger partial charge in [0.25, 0.3) is 0 Å². The Morgan fingerprint density at radius 2 is 1.55 bits per heavy atom. The fraction of sp³-hybridized carbons (Fsp3) is 0.133. The molecule has 0 fully saturated rings. The molecule has 7 heteroatoms. The molecule has 0 bridgehead atoms. The monoisotopic (exact) mass is 359 g/mol. The van der Waals surface area contributed by atoms with E-state index >= 15 is 0 Å². The summed E-state index contributed by atoms with van der Waals surface area (Å²) < 4.78 is 10.4. The van der Waals surface area contributed by atoms with Gasteiger partial charge in [0.1, 0.15) is 19.0 Å². The Bertz CT molecular complexity index is 644. The lowest BCUT2D eigenvalue weighted by Gasteiger charge is -2.11. The zero-order valence-corrected chi connectivity index (χ0v) is 13.6. The van der Waals surface area contributed by atoms with Crippen LogP contribution in [0.4, 0.5) is 10.5 Å². The molecule has 0 radical (unpaired) electrons. The van der Waals surface area contributed by atoms with E-state index in [1.165, 1.54) is 0 Å². The van der Waals surface area contributed by atoms with Crippen molar-refractivity contribution in [3.8, 4) is 5.75 Å². The number of para-hydroxylation sites is 2. The molecular formula is C15H12Cl3NO3. The maximum Gasteiger partial charge on any atom is 0.411 e. The SMILES string of the molecule is O=C(Nc1c(Cl)cccc1Cl)OCCOc1ccccc1Cl. The van der Waals surface area contributed by atoms with Crippen LogP contribution in [0, 0.1) is 0 Å². The molecule has 2 rings (SSSR count). The molecule has 0 saturated carbocycles. The van der Waals surface area contributed by atoms with Crippen molar-refractivity contribution in [2.24, 2.45) is 0 Å². The van der Waals surface area contributed by atoms with E-state index in [-0.39, 0.29) is 13.2 Å². The Morgan fingerprint density at radius 3 is 2.23 bits per heavy atom. The average Bonchev–Trinajstić information content (AvgIpc) is 2.49. The molecule has 22 heavy (non-hydrogen) atoms. The third-order valence-electron chi connectivity index (χ3n) is 2.60. The van der Waals surface area contributed by atoms with E-state index in [9.17, 15) is 4.79 Å². The zero-order chi connectivity index (χ0) is 15.9. The number of ether oxygens (including phenoxy) is 2. The van der Waals surface area contributed by atoms with Crippen molar-refractivity contribution in [1.82, 2.24) is 0 Å². The van der Waals surface area contributed by atoms with E-state index in [1.807, 2.05) is 0 Å². The van der Waals surface area contributed by atoms with Crippen LogP contribution in [0.3, 0.4) is 0 Å². The Morgan fingerprint density at radius 1 is 0.909 bits per heavy atom. The summed E-state index contributed by atoms with van der Waals surface area (Å²) in [5.41, 5.74) is 0.308. The van der Waals surface area contributed by atoms with E-state index in [0.29, 0.717) is 26.5 Å². The van der Waals surface area contributed by atoms with Crippen LogP contribution < -0.4 is 10.1 Å². The fourth-order valence-corrected chi connectivity index (χ4v) is 2.29. The highest BCUT2D eigenvalue weighted by Crippen LogP contribution is 2.29. The fourth-order valence-electron chi connectivity index (χ4n) is 1.60. The minimum atomic E-state index is -0.669. The number of rotatable bonds is 5. The minimum Gasteiger partial charge on any atom is -0.488 e. The number of hydrogen-bond acceptors (Lipinski definition) is 3. The molecule has 1 N–H and O–H groups in total. The molecule has 116 valence electrons. The third kappa shape index (κ3) is 4.70. The van der Waals surface area contributed by atoms with Crippen molar-refractivity contribution >= 4 is 46.6 Å². The second-order valence-corrected chi connectivity index (χ2v) is 5.36. The summed E-state index contributed by atoms with van der Waals surface area (Å²) in [7, 11) is 0. The Hall–Kier alpha value is -1.62. The number of benzene rings is 2. The van der Waals surface area contributed by atoms with Gasteiger partial charge >= 0.3 is 6.09 Å². The van der Waals surface area contributed by atoms with E-state index in [2.05, 4.69) is 5.32 Å². The van der Waals surface area contributed by atoms with Crippen molar-refractivity contribution in [2.75, 3.05) is 18.5 Å². The van der Waals surface area contributed by atoms with Gasteiger partial charge in [-0.15, -0.1) is 0 Å². The van der Waals surface area contributed by atoms with Crippen LogP contribution in [0.1, 0.15) is 0 Å². The first-order valence-electron chi connectivity index (χ1n) is 6.33. The molecule has 1 amide bonds. The van der Waals surface area contributed by atoms with Gasteiger partial charge in [0.05, 0.1) is 20.8 Å². The lowest BCUT2D eigenvalue weighted by Crippen LogP contribution is -2.18. The maximum atomic E-state index is 11.7. The molecule has 0 atom stereocenters. The number of amides is 1. The van der Waals surface area contributed by atoms with Crippen molar-refractivity contribution in [3.05, 3.63) is 57.5 Å². The number of anilines is 1. The van der Waals surface area contributed by atoms with Gasteiger partial charge in [0.2, 0.25) is 0 Å². The van der Waals surface area contributed by atoms with Gasteiger partial charge < -0.3 is 9.47 Å². The van der Waals surface area contributed by atoms with Gasteiger partial charge in [-0.05, 0) is 24.3 Å². The van der Waals surface area contributed by atoms with Crippen LogP contribution in [0.25, 0.3) is 0 Å². The van der Waals surface area contributed by atoms with E-state index in [1.54, 1.807) is 42.5 Å². The topological polar surface area (TPSA) is 47.6 Å². The van der Waals surface area contributed by atoms with E-state index in [0.717, 1.165) is 0 Å². The molecule has 0 saturated heterocycles. The minimum absolute atomic E-state index is 0.0547. The van der Waals surface area contributed by atoms with Crippen LogP contribution in [-0.4, -0.2) is 19.3 Å². The van der Waals surface area contributed by atoms with Crippen LogP contribution in [-0.2, 0) is 4.74 Å². The first kappa shape index (κ1) is 16.7. The summed E-state index contributed by atoms with van der Waals surface area (Å²) in [5, 5.41) is 3.64. The summed E-state index contributed by atoms with van der Waals surface area (Å²) in [6.45, 7) is 0.229. The van der Waals surface area contributed by atoms with Gasteiger partial charge in [0, 0.05) is 0 Å². The largest absolute Gasteiger partial charge is 0.488 e. The molecule has 0 aliphatic carbocycles. The van der Waals surface area contributed by atoms with Crippen molar-refractivity contribution in [2.45, 2.75) is 0 Å². The third-order valence-corrected chi connectivity index (χ3v) is 3.54. The lowest BCUT2D eigenvalue weighted by molar-refractivity contribution is 0.138. The number of nitrogens with one attached hydrogen (secondary N) is 1. The molecule has 4 nitrogen and oxygen atoms in total. The van der Waals surface area contributed by atoms with Gasteiger partial charge in [-0.1, -0.05) is 53.0 Å². The average molecular weight is 361 g/mol. The molecule has 0 unspecified atom stereocenters. The zero-order valence-electron chi connectivity index (χ0n) is 11.3. The second kappa shape index (κ2) is 8.13. The molecule has 0 aliphatic heterocycles. The lowest BCUT2D eigenvalue weighted by atomic mass is 10.3. The molecule has 0 aromatic heterocycles. The van der Waals surface area contributed by atoms with Crippen LogP contribution >= 0.6 is 34.8 Å². The quantitative estimate of drug-likeness (QED) is 0.738. The highest BCUT2D eigenvalue weighted by molar-refractivity contribution is 6.39. The second-order valence-electron chi connectivity index (χ2n) is 4.14. The molecule has 0 aliphatic rings. The Kier molecular flexibility index (Phi) is 6.19. The summed E-state index contributed by atoms with van der Waals surface area (Å²) >= 11 is 17.8. The van der Waals surface area contributed by atoms with Crippen molar-refractivity contribution in [1.29, 1.82) is 0 Å². The molecule has 2 aromatic rings. The normalized spacial score (nSPS) is 10.1. The predicted molar refractivity (Wildman–Crippen MR) is 88.4 cm³/mol. The standard InChI is InChI=1S/C15H12Cl3NO3/c16-10-4-1-2-7-13(10)21-8-9-22-15(20)19-14-11(17)5-3-6-12(14)18/h1-7H,8-9H2,(H,19,20). The van der Waals surface area contributed by atoms with Gasteiger partial charge in [0.15, 0.2) is 0 Å². The molecular weight excluding hydrogens is 349 g/mol. The summed E-state index contributed by atoms with van der Waals surface area (Å²) in [4.78, 5) is 11.7. The maximum absolute atomic E-state index is 11.7. The van der Waals surface area contributed by atoms with Gasteiger partial charge in [-0.25, -0.2) is 4.79 Å². The summed E-state index contributed by atoms with van der Waals surface area (Å²) in [6, 6.07) is 11.9. The van der Waals surface area contributed by atoms with Crippen LogP contribution in [0.2, 0.25) is 15.1 Å². The Balaban J connectivity index is 1.78. The van der Waals surface area contributed by atoms with Crippen molar-refractivity contribution < 1.29 is 14.3 Å². The molecule has 0 heterocycles. The van der Waals surface area contributed by atoms with Gasteiger partial charge in [-0.3, -0.25) is 5.32 Å². The highest BCUT2D eigenvalue weighted by atomic mass is 35.5. The number of hydrogen-bond donors (Lipinski definition) is 1. The summed E-state index contributed by atoms with van der Waals surface area (Å²) in [6.07, 6.45) is -0.669. The predicted octanol–water partition coefficient (Wildman–Crippen LogP) is 5.27. The van der Waals surface area contributed by atoms with Crippen molar-refractivity contribution in [3.63, 3.8) is 0 Å². The Labute approximate surface area is 142 Å². The van der Waals surface area contributed by atoms with Crippen LogP contribution in [0.15, 0.2) is 42.5 Å². The first-order valence-corrected chi connectivity index (χ1v) is 7.46. The first-order chi connectivity index (χ1) is 10.6. The van der Waals surface area contributed by atoms with E-state index < -0.39 is 6.09 Å². The highest BCUT2D eigenvalue weighted by Gasteiger charge is 2.10. The van der Waals surface area contributed by atoms with Crippen LogP contribution in [0.5, 0.6) is 5.75 Å². The number of carbonyl (C=O) groups is 1. The molecule has 2 aromatic carbocycles. The summed E-state index contributed by atoms with van der Waals surface area (Å²) in [5.74, 6) is 0.530. The number of carbonyl (C=O) groups excluding carboxylic acids is 1. The number of halogens is 3.